The fourth-order valence-electron chi connectivity index (χ4n) is 2.59. The summed E-state index contributed by atoms with van der Waals surface area (Å²) in [7, 11) is 0. The SMILES string of the molecule is CC(C)(CC(=O)O)C1CCCCCC1. The number of hydrogen-bond acceptors (Lipinski definition) is 1. The van der Waals surface area contributed by atoms with E-state index in [9.17, 15) is 4.79 Å². The predicted octanol–water partition coefficient (Wildman–Crippen LogP) is 3.46. The van der Waals surface area contributed by atoms with E-state index in [2.05, 4.69) is 13.8 Å². The summed E-state index contributed by atoms with van der Waals surface area (Å²) in [6.45, 7) is 4.22. The van der Waals surface area contributed by atoms with Gasteiger partial charge in [-0.05, 0) is 24.2 Å². The van der Waals surface area contributed by atoms with Crippen LogP contribution in [0.2, 0.25) is 0 Å². The molecule has 0 aromatic rings. The summed E-state index contributed by atoms with van der Waals surface area (Å²) in [5.41, 5.74) is -0.0177. The third-order valence-electron chi connectivity index (χ3n) is 3.57. The molecule has 0 bridgehead atoms. The Morgan fingerprint density at radius 1 is 1.21 bits per heavy atom. The Morgan fingerprint density at radius 2 is 1.71 bits per heavy atom. The minimum atomic E-state index is -0.653. The average Bonchev–Trinajstić information content (AvgIpc) is 2.28. The summed E-state index contributed by atoms with van der Waals surface area (Å²) in [5, 5.41) is 8.85. The Hall–Kier alpha value is -0.530. The van der Waals surface area contributed by atoms with Gasteiger partial charge in [-0.25, -0.2) is 0 Å². The van der Waals surface area contributed by atoms with Crippen LogP contribution in [0.4, 0.5) is 0 Å². The molecule has 82 valence electrons. The smallest absolute Gasteiger partial charge is 0.303 e. The maximum absolute atomic E-state index is 10.7. The molecule has 0 aliphatic heterocycles. The first kappa shape index (κ1) is 11.5. The maximum atomic E-state index is 10.7. The molecule has 2 heteroatoms. The van der Waals surface area contributed by atoms with Gasteiger partial charge in [-0.15, -0.1) is 0 Å². The topological polar surface area (TPSA) is 37.3 Å². The standard InChI is InChI=1S/C12H22O2/c1-12(2,9-11(13)14)10-7-5-3-4-6-8-10/h10H,3-9H2,1-2H3,(H,13,14). The van der Waals surface area contributed by atoms with E-state index >= 15 is 0 Å². The van der Waals surface area contributed by atoms with E-state index in [0.29, 0.717) is 12.3 Å². The average molecular weight is 198 g/mol. The molecule has 1 fully saturated rings. The highest BCUT2D eigenvalue weighted by atomic mass is 16.4. The molecule has 0 aromatic heterocycles. The van der Waals surface area contributed by atoms with Gasteiger partial charge in [-0.1, -0.05) is 39.5 Å². The van der Waals surface area contributed by atoms with Crippen LogP contribution in [0.5, 0.6) is 0 Å². The lowest BCUT2D eigenvalue weighted by Crippen LogP contribution is -2.26. The molecule has 14 heavy (non-hydrogen) atoms. The van der Waals surface area contributed by atoms with Crippen molar-refractivity contribution in [1.29, 1.82) is 0 Å². The third-order valence-corrected chi connectivity index (χ3v) is 3.57. The second-order valence-electron chi connectivity index (χ2n) is 5.25. The fourth-order valence-corrected chi connectivity index (χ4v) is 2.59. The monoisotopic (exact) mass is 198 g/mol. The van der Waals surface area contributed by atoms with Gasteiger partial charge in [0.2, 0.25) is 0 Å². The third kappa shape index (κ3) is 3.32. The highest BCUT2D eigenvalue weighted by molar-refractivity contribution is 5.67. The first-order chi connectivity index (χ1) is 6.52. The van der Waals surface area contributed by atoms with Crippen LogP contribution in [0.15, 0.2) is 0 Å². The number of rotatable bonds is 3. The zero-order chi connectivity index (χ0) is 10.6. The molecule has 0 unspecified atom stereocenters. The molecule has 1 aliphatic rings. The predicted molar refractivity (Wildman–Crippen MR) is 57.2 cm³/mol. The number of hydrogen-bond donors (Lipinski definition) is 1. The van der Waals surface area contributed by atoms with Crippen LogP contribution in [0, 0.1) is 11.3 Å². The second kappa shape index (κ2) is 4.81. The van der Waals surface area contributed by atoms with Crippen LogP contribution in [0.1, 0.15) is 58.8 Å². The Kier molecular flexibility index (Phi) is 3.97. The van der Waals surface area contributed by atoms with Crippen molar-refractivity contribution in [3.8, 4) is 0 Å². The van der Waals surface area contributed by atoms with Crippen LogP contribution in [0.3, 0.4) is 0 Å². The summed E-state index contributed by atoms with van der Waals surface area (Å²) >= 11 is 0. The fraction of sp³-hybridized carbons (Fsp3) is 0.917. The second-order valence-corrected chi connectivity index (χ2v) is 5.25. The summed E-state index contributed by atoms with van der Waals surface area (Å²) < 4.78 is 0. The molecular formula is C12H22O2. The van der Waals surface area contributed by atoms with E-state index in [4.69, 9.17) is 5.11 Å². The Bertz CT molecular complexity index is 188. The van der Waals surface area contributed by atoms with Crippen molar-refractivity contribution in [1.82, 2.24) is 0 Å². The zero-order valence-corrected chi connectivity index (χ0v) is 9.38. The van der Waals surface area contributed by atoms with Gasteiger partial charge in [0.25, 0.3) is 0 Å². The molecule has 2 nitrogen and oxygen atoms in total. The van der Waals surface area contributed by atoms with Crippen LogP contribution in [0.25, 0.3) is 0 Å². The van der Waals surface area contributed by atoms with Crippen molar-refractivity contribution in [3.63, 3.8) is 0 Å². The lowest BCUT2D eigenvalue weighted by molar-refractivity contribution is -0.140. The highest BCUT2D eigenvalue weighted by Crippen LogP contribution is 2.39. The number of carbonyl (C=O) groups is 1. The normalized spacial score (nSPS) is 20.4. The van der Waals surface area contributed by atoms with Crippen LogP contribution in [-0.4, -0.2) is 11.1 Å². The summed E-state index contributed by atoms with van der Waals surface area (Å²) in [4.78, 5) is 10.7. The molecule has 0 spiro atoms. The zero-order valence-electron chi connectivity index (χ0n) is 9.38. The van der Waals surface area contributed by atoms with Crippen molar-refractivity contribution in [3.05, 3.63) is 0 Å². The molecule has 1 saturated carbocycles. The number of carboxylic acids is 1. The van der Waals surface area contributed by atoms with E-state index in [-0.39, 0.29) is 5.41 Å². The van der Waals surface area contributed by atoms with E-state index in [1.165, 1.54) is 38.5 Å². The molecule has 0 heterocycles. The Balaban J connectivity index is 2.54. The van der Waals surface area contributed by atoms with Gasteiger partial charge in [-0.2, -0.15) is 0 Å². The number of carboxylic acid groups (broad SMARTS) is 1. The maximum Gasteiger partial charge on any atom is 0.303 e. The lowest BCUT2D eigenvalue weighted by atomic mass is 9.72. The summed E-state index contributed by atoms with van der Waals surface area (Å²) in [5.74, 6) is -0.0413. The molecule has 0 saturated heterocycles. The summed E-state index contributed by atoms with van der Waals surface area (Å²) in [6, 6.07) is 0. The quantitative estimate of drug-likeness (QED) is 0.705. The molecule has 1 rings (SSSR count). The van der Waals surface area contributed by atoms with Crippen LogP contribution in [-0.2, 0) is 4.79 Å². The van der Waals surface area contributed by atoms with E-state index in [1.54, 1.807) is 0 Å². The minimum absolute atomic E-state index is 0.0177. The van der Waals surface area contributed by atoms with Crippen molar-refractivity contribution < 1.29 is 9.90 Å². The van der Waals surface area contributed by atoms with E-state index in [1.807, 2.05) is 0 Å². The molecule has 0 radical (unpaired) electrons. The van der Waals surface area contributed by atoms with Gasteiger partial charge in [0.05, 0.1) is 6.42 Å². The molecule has 0 aromatic carbocycles. The van der Waals surface area contributed by atoms with Gasteiger partial charge in [0, 0.05) is 0 Å². The van der Waals surface area contributed by atoms with Gasteiger partial charge >= 0.3 is 5.97 Å². The van der Waals surface area contributed by atoms with Gasteiger partial charge in [-0.3, -0.25) is 4.79 Å². The first-order valence-electron chi connectivity index (χ1n) is 5.74. The van der Waals surface area contributed by atoms with Gasteiger partial charge < -0.3 is 5.11 Å². The van der Waals surface area contributed by atoms with Gasteiger partial charge in [0.1, 0.15) is 0 Å². The van der Waals surface area contributed by atoms with Crippen molar-refractivity contribution in [2.24, 2.45) is 11.3 Å². The lowest BCUT2D eigenvalue weighted by Gasteiger charge is -2.32. The molecule has 0 atom stereocenters. The van der Waals surface area contributed by atoms with Crippen LogP contribution >= 0.6 is 0 Å². The van der Waals surface area contributed by atoms with E-state index in [0.717, 1.165) is 0 Å². The minimum Gasteiger partial charge on any atom is -0.481 e. The molecule has 1 aliphatic carbocycles. The first-order valence-corrected chi connectivity index (χ1v) is 5.74. The molecular weight excluding hydrogens is 176 g/mol. The number of aliphatic carboxylic acids is 1. The van der Waals surface area contributed by atoms with Crippen molar-refractivity contribution in [2.45, 2.75) is 58.8 Å². The van der Waals surface area contributed by atoms with E-state index < -0.39 is 5.97 Å². The molecule has 0 amide bonds. The highest BCUT2D eigenvalue weighted by Gasteiger charge is 2.31. The largest absolute Gasteiger partial charge is 0.481 e. The van der Waals surface area contributed by atoms with Crippen molar-refractivity contribution >= 4 is 5.97 Å². The Morgan fingerprint density at radius 3 is 2.14 bits per heavy atom. The van der Waals surface area contributed by atoms with Crippen molar-refractivity contribution in [2.75, 3.05) is 0 Å². The van der Waals surface area contributed by atoms with Gasteiger partial charge in [0.15, 0.2) is 0 Å². The van der Waals surface area contributed by atoms with Crippen LogP contribution < -0.4 is 0 Å². The Labute approximate surface area is 86.7 Å². The summed E-state index contributed by atoms with van der Waals surface area (Å²) in [6.07, 6.45) is 8.00. The molecule has 1 N–H and O–H groups in total.